The lowest BCUT2D eigenvalue weighted by molar-refractivity contribution is 0.601. The summed E-state index contributed by atoms with van der Waals surface area (Å²) in [5.74, 6) is 0.326. The third-order valence-electron chi connectivity index (χ3n) is 3.69. The topological polar surface area (TPSA) is 70.6 Å². The quantitative estimate of drug-likeness (QED) is 0.609. The smallest absolute Gasteiger partial charge is 0.191 e. The molecule has 25 heavy (non-hydrogen) atoms. The number of halogens is 1. The van der Waals surface area contributed by atoms with E-state index in [0.717, 1.165) is 5.56 Å². The van der Waals surface area contributed by atoms with E-state index in [2.05, 4.69) is 15.6 Å². The summed E-state index contributed by atoms with van der Waals surface area (Å²) < 4.78 is 36.5. The number of nitrogens with one attached hydrogen (secondary N) is 2. The first-order valence-corrected chi connectivity index (χ1v) is 9.76. The lowest BCUT2D eigenvalue weighted by Gasteiger charge is -2.12. The van der Waals surface area contributed by atoms with Crippen LogP contribution in [0, 0.1) is 5.82 Å². The van der Waals surface area contributed by atoms with Gasteiger partial charge in [0, 0.05) is 32.0 Å². The molecule has 2 aromatic carbocycles. The normalized spacial score (nSPS) is 12.0. The molecular weight excluding hydrogens is 341 g/mol. The first-order valence-electron chi connectivity index (χ1n) is 7.87. The highest BCUT2D eigenvalue weighted by atomic mass is 32.2. The Labute approximate surface area is 147 Å². The molecule has 0 saturated carbocycles. The molecule has 7 heteroatoms. The van der Waals surface area contributed by atoms with Gasteiger partial charge in [-0.05, 0) is 30.2 Å². The Morgan fingerprint density at radius 3 is 2.36 bits per heavy atom. The van der Waals surface area contributed by atoms with Gasteiger partial charge in [-0.2, -0.15) is 0 Å². The summed E-state index contributed by atoms with van der Waals surface area (Å²) in [5.41, 5.74) is 1.59. The van der Waals surface area contributed by atoms with Crippen molar-refractivity contribution in [3.05, 3.63) is 65.5 Å². The molecule has 2 aromatic rings. The molecule has 0 saturated heterocycles. The molecular formula is C18H22FN3O2S. The van der Waals surface area contributed by atoms with Crippen molar-refractivity contribution in [2.45, 2.75) is 17.9 Å². The molecule has 0 spiro atoms. The Morgan fingerprint density at radius 1 is 1.08 bits per heavy atom. The van der Waals surface area contributed by atoms with Crippen molar-refractivity contribution in [1.29, 1.82) is 0 Å². The standard InChI is InChI=1S/C18H22FN3O2S/c1-20-18(22-13-15-5-3-4-6-17(15)19)21-12-11-14-7-9-16(10-8-14)25(2,23)24/h3-10H,11-13H2,1-2H3,(H2,20,21,22). The average Bonchev–Trinajstić information content (AvgIpc) is 2.59. The van der Waals surface area contributed by atoms with Crippen LogP contribution >= 0.6 is 0 Å². The molecule has 2 N–H and O–H groups in total. The lowest BCUT2D eigenvalue weighted by atomic mass is 10.1. The van der Waals surface area contributed by atoms with Crippen LogP contribution in [0.2, 0.25) is 0 Å². The van der Waals surface area contributed by atoms with Gasteiger partial charge in [0.1, 0.15) is 5.82 Å². The maximum Gasteiger partial charge on any atom is 0.191 e. The van der Waals surface area contributed by atoms with Crippen molar-refractivity contribution in [2.24, 2.45) is 4.99 Å². The van der Waals surface area contributed by atoms with E-state index in [1.54, 1.807) is 49.5 Å². The highest BCUT2D eigenvalue weighted by Gasteiger charge is 2.06. The third kappa shape index (κ3) is 5.86. The molecule has 0 aliphatic carbocycles. The van der Waals surface area contributed by atoms with Gasteiger partial charge in [-0.3, -0.25) is 4.99 Å². The van der Waals surface area contributed by atoms with Gasteiger partial charge in [0.15, 0.2) is 15.8 Å². The molecule has 0 bridgehead atoms. The summed E-state index contributed by atoms with van der Waals surface area (Å²) >= 11 is 0. The summed E-state index contributed by atoms with van der Waals surface area (Å²) in [7, 11) is -1.52. The first-order chi connectivity index (χ1) is 11.9. The molecule has 0 fully saturated rings. The number of rotatable bonds is 6. The maximum atomic E-state index is 13.6. The second kappa shape index (κ2) is 8.62. The fourth-order valence-electron chi connectivity index (χ4n) is 2.27. The molecule has 0 aliphatic heterocycles. The minimum absolute atomic E-state index is 0.253. The number of guanidine groups is 1. The summed E-state index contributed by atoms with van der Waals surface area (Å²) in [6, 6.07) is 13.4. The molecule has 2 rings (SSSR count). The molecule has 134 valence electrons. The van der Waals surface area contributed by atoms with Crippen LogP contribution in [0.25, 0.3) is 0 Å². The van der Waals surface area contributed by atoms with Gasteiger partial charge in [-0.15, -0.1) is 0 Å². The van der Waals surface area contributed by atoms with Gasteiger partial charge in [0.05, 0.1) is 4.90 Å². The van der Waals surface area contributed by atoms with E-state index in [-0.39, 0.29) is 5.82 Å². The van der Waals surface area contributed by atoms with Gasteiger partial charge < -0.3 is 10.6 Å². The van der Waals surface area contributed by atoms with Crippen molar-refractivity contribution in [3.8, 4) is 0 Å². The largest absolute Gasteiger partial charge is 0.356 e. The van der Waals surface area contributed by atoms with Crippen molar-refractivity contribution in [2.75, 3.05) is 19.8 Å². The SMILES string of the molecule is CN=C(NCCc1ccc(S(C)(=O)=O)cc1)NCc1ccccc1F. The van der Waals surface area contributed by atoms with E-state index in [1.165, 1.54) is 12.3 Å². The molecule has 0 amide bonds. The van der Waals surface area contributed by atoms with Crippen molar-refractivity contribution in [1.82, 2.24) is 10.6 Å². The summed E-state index contributed by atoms with van der Waals surface area (Å²) in [6.07, 6.45) is 1.90. The number of benzene rings is 2. The monoisotopic (exact) mass is 363 g/mol. The number of sulfone groups is 1. The fraction of sp³-hybridized carbons (Fsp3) is 0.278. The zero-order valence-corrected chi connectivity index (χ0v) is 15.1. The van der Waals surface area contributed by atoms with Crippen LogP contribution in [0.5, 0.6) is 0 Å². The Balaban J connectivity index is 1.82. The zero-order valence-electron chi connectivity index (χ0n) is 14.3. The average molecular weight is 363 g/mol. The van der Waals surface area contributed by atoms with Crippen LogP contribution in [0.4, 0.5) is 4.39 Å². The Bertz CT molecular complexity index is 834. The van der Waals surface area contributed by atoms with E-state index < -0.39 is 9.84 Å². The van der Waals surface area contributed by atoms with Crippen molar-refractivity contribution >= 4 is 15.8 Å². The maximum absolute atomic E-state index is 13.6. The third-order valence-corrected chi connectivity index (χ3v) is 4.81. The van der Waals surface area contributed by atoms with E-state index in [1.807, 2.05) is 0 Å². The second-order valence-electron chi connectivity index (χ2n) is 5.61. The molecule has 0 aliphatic rings. The molecule has 0 heterocycles. The highest BCUT2D eigenvalue weighted by Crippen LogP contribution is 2.10. The van der Waals surface area contributed by atoms with Crippen LogP contribution in [0.3, 0.4) is 0 Å². The van der Waals surface area contributed by atoms with Gasteiger partial charge in [-0.25, -0.2) is 12.8 Å². The zero-order chi connectivity index (χ0) is 18.3. The fourth-order valence-corrected chi connectivity index (χ4v) is 2.90. The Morgan fingerprint density at radius 2 is 1.76 bits per heavy atom. The minimum atomic E-state index is -3.17. The number of aliphatic imine (C=N–C) groups is 1. The molecule has 0 aromatic heterocycles. The van der Waals surface area contributed by atoms with Crippen LogP contribution in [-0.4, -0.2) is 34.2 Å². The molecule has 0 unspecified atom stereocenters. The number of hydrogen-bond donors (Lipinski definition) is 2. The minimum Gasteiger partial charge on any atom is -0.356 e. The van der Waals surface area contributed by atoms with Gasteiger partial charge in [-0.1, -0.05) is 30.3 Å². The van der Waals surface area contributed by atoms with Gasteiger partial charge in [0.25, 0.3) is 0 Å². The molecule has 0 atom stereocenters. The van der Waals surface area contributed by atoms with E-state index in [0.29, 0.717) is 35.9 Å². The second-order valence-corrected chi connectivity index (χ2v) is 7.63. The van der Waals surface area contributed by atoms with Crippen molar-refractivity contribution < 1.29 is 12.8 Å². The molecule has 0 radical (unpaired) electrons. The van der Waals surface area contributed by atoms with Gasteiger partial charge >= 0.3 is 0 Å². The first kappa shape index (κ1) is 18.9. The van der Waals surface area contributed by atoms with Crippen molar-refractivity contribution in [3.63, 3.8) is 0 Å². The number of hydrogen-bond acceptors (Lipinski definition) is 3. The molecule has 5 nitrogen and oxygen atoms in total. The van der Waals surface area contributed by atoms with E-state index in [9.17, 15) is 12.8 Å². The van der Waals surface area contributed by atoms with Crippen LogP contribution in [0.1, 0.15) is 11.1 Å². The van der Waals surface area contributed by atoms with Crippen LogP contribution in [0.15, 0.2) is 58.4 Å². The van der Waals surface area contributed by atoms with E-state index in [4.69, 9.17) is 0 Å². The summed E-state index contributed by atoms with van der Waals surface area (Å²) in [4.78, 5) is 4.41. The number of nitrogens with zero attached hydrogens (tertiary/aromatic N) is 1. The lowest BCUT2D eigenvalue weighted by Crippen LogP contribution is -2.38. The van der Waals surface area contributed by atoms with E-state index >= 15 is 0 Å². The Hall–Kier alpha value is -2.41. The summed E-state index contributed by atoms with van der Waals surface area (Å²) in [6.45, 7) is 0.963. The van der Waals surface area contributed by atoms with Crippen LogP contribution < -0.4 is 10.6 Å². The predicted molar refractivity (Wildman–Crippen MR) is 97.9 cm³/mol. The Kier molecular flexibility index (Phi) is 6.52. The highest BCUT2D eigenvalue weighted by molar-refractivity contribution is 7.90. The predicted octanol–water partition coefficient (Wildman–Crippen LogP) is 2.14. The summed E-state index contributed by atoms with van der Waals surface area (Å²) in [5, 5.41) is 6.21. The van der Waals surface area contributed by atoms with Crippen LogP contribution in [-0.2, 0) is 22.8 Å². The van der Waals surface area contributed by atoms with Gasteiger partial charge in [0.2, 0.25) is 0 Å².